The Labute approximate surface area is 119 Å². The Kier molecular flexibility index (Phi) is 4.98. The molecule has 0 radical (unpaired) electrons. The summed E-state index contributed by atoms with van der Waals surface area (Å²) in [6.07, 6.45) is -0.621. The predicted molar refractivity (Wildman–Crippen MR) is 74.7 cm³/mol. The SMILES string of the molecule is Cc1ccc([C@H](C)O)c(OCC(=O)N2CCOCC2)c1. The van der Waals surface area contributed by atoms with E-state index in [0.29, 0.717) is 37.6 Å². The number of aryl methyl sites for hydroxylation is 1. The van der Waals surface area contributed by atoms with Crippen LogP contribution in [0.15, 0.2) is 18.2 Å². The molecule has 1 amide bonds. The molecule has 1 saturated heterocycles. The lowest BCUT2D eigenvalue weighted by atomic mass is 10.1. The van der Waals surface area contributed by atoms with Gasteiger partial charge in [0.15, 0.2) is 6.61 Å². The smallest absolute Gasteiger partial charge is 0.260 e. The molecule has 0 aliphatic carbocycles. The van der Waals surface area contributed by atoms with Gasteiger partial charge in [0, 0.05) is 18.7 Å². The first-order chi connectivity index (χ1) is 9.58. The van der Waals surface area contributed by atoms with Crippen molar-refractivity contribution in [3.05, 3.63) is 29.3 Å². The van der Waals surface area contributed by atoms with Crippen molar-refractivity contribution >= 4 is 5.91 Å². The van der Waals surface area contributed by atoms with Crippen LogP contribution in [-0.2, 0) is 9.53 Å². The minimum atomic E-state index is -0.621. The van der Waals surface area contributed by atoms with Crippen molar-refractivity contribution in [3.63, 3.8) is 0 Å². The van der Waals surface area contributed by atoms with Gasteiger partial charge in [-0.2, -0.15) is 0 Å². The molecule has 20 heavy (non-hydrogen) atoms. The third-order valence-electron chi connectivity index (χ3n) is 3.33. The largest absolute Gasteiger partial charge is 0.483 e. The number of carbonyl (C=O) groups excluding carboxylic acids is 1. The van der Waals surface area contributed by atoms with Gasteiger partial charge in [-0.25, -0.2) is 0 Å². The van der Waals surface area contributed by atoms with Crippen molar-refractivity contribution in [2.24, 2.45) is 0 Å². The number of benzene rings is 1. The Morgan fingerprint density at radius 3 is 2.80 bits per heavy atom. The number of aliphatic hydroxyl groups excluding tert-OH is 1. The van der Waals surface area contributed by atoms with Crippen LogP contribution >= 0.6 is 0 Å². The summed E-state index contributed by atoms with van der Waals surface area (Å²) >= 11 is 0. The van der Waals surface area contributed by atoms with Crippen LogP contribution < -0.4 is 4.74 Å². The van der Waals surface area contributed by atoms with Gasteiger partial charge in [-0.15, -0.1) is 0 Å². The Balaban J connectivity index is 1.99. The summed E-state index contributed by atoms with van der Waals surface area (Å²) in [6, 6.07) is 5.59. The Morgan fingerprint density at radius 2 is 2.15 bits per heavy atom. The minimum absolute atomic E-state index is 0.0107. The lowest BCUT2D eigenvalue weighted by Crippen LogP contribution is -2.43. The zero-order chi connectivity index (χ0) is 14.5. The fraction of sp³-hybridized carbons (Fsp3) is 0.533. The standard InChI is InChI=1S/C15H21NO4/c1-11-3-4-13(12(2)17)14(9-11)20-10-15(18)16-5-7-19-8-6-16/h3-4,9,12,17H,5-8,10H2,1-2H3/t12-/m0/s1. The van der Waals surface area contributed by atoms with E-state index in [0.717, 1.165) is 5.56 Å². The molecule has 0 unspecified atom stereocenters. The minimum Gasteiger partial charge on any atom is -0.483 e. The molecule has 0 saturated carbocycles. The van der Waals surface area contributed by atoms with Crippen LogP contribution in [-0.4, -0.2) is 48.8 Å². The first-order valence-electron chi connectivity index (χ1n) is 6.85. The van der Waals surface area contributed by atoms with Gasteiger partial charge in [0.05, 0.1) is 19.3 Å². The van der Waals surface area contributed by atoms with Gasteiger partial charge in [0.2, 0.25) is 0 Å². The Bertz CT molecular complexity index is 467. The van der Waals surface area contributed by atoms with Crippen molar-refractivity contribution in [1.82, 2.24) is 4.90 Å². The molecule has 1 aromatic carbocycles. The lowest BCUT2D eigenvalue weighted by Gasteiger charge is -2.27. The highest BCUT2D eigenvalue weighted by atomic mass is 16.5. The average molecular weight is 279 g/mol. The second-order valence-electron chi connectivity index (χ2n) is 5.00. The summed E-state index contributed by atoms with van der Waals surface area (Å²) in [5, 5.41) is 9.72. The maximum atomic E-state index is 12.0. The highest BCUT2D eigenvalue weighted by Gasteiger charge is 2.18. The molecule has 0 aromatic heterocycles. The van der Waals surface area contributed by atoms with E-state index in [2.05, 4.69) is 0 Å². The molecule has 1 N–H and O–H groups in total. The van der Waals surface area contributed by atoms with Gasteiger partial charge in [-0.3, -0.25) is 4.79 Å². The maximum absolute atomic E-state index is 12.0. The van der Waals surface area contributed by atoms with Gasteiger partial charge >= 0.3 is 0 Å². The lowest BCUT2D eigenvalue weighted by molar-refractivity contribution is -0.137. The third-order valence-corrected chi connectivity index (χ3v) is 3.33. The molecule has 1 heterocycles. The summed E-state index contributed by atoms with van der Waals surface area (Å²) in [7, 11) is 0. The van der Waals surface area contributed by atoms with Crippen LogP contribution in [0.2, 0.25) is 0 Å². The van der Waals surface area contributed by atoms with E-state index in [1.165, 1.54) is 0 Å². The molecule has 1 aromatic rings. The molecule has 1 atom stereocenters. The second kappa shape index (κ2) is 6.72. The number of nitrogens with zero attached hydrogens (tertiary/aromatic N) is 1. The number of amides is 1. The molecule has 110 valence electrons. The number of hydrogen-bond acceptors (Lipinski definition) is 4. The van der Waals surface area contributed by atoms with Crippen LogP contribution in [0.5, 0.6) is 5.75 Å². The van der Waals surface area contributed by atoms with Crippen molar-refractivity contribution in [3.8, 4) is 5.75 Å². The fourth-order valence-electron chi connectivity index (χ4n) is 2.16. The molecule has 0 bridgehead atoms. The number of hydrogen-bond donors (Lipinski definition) is 1. The van der Waals surface area contributed by atoms with Crippen LogP contribution in [0.25, 0.3) is 0 Å². The first-order valence-corrected chi connectivity index (χ1v) is 6.85. The van der Waals surface area contributed by atoms with Gasteiger partial charge in [-0.1, -0.05) is 12.1 Å². The number of aliphatic hydroxyl groups is 1. The van der Waals surface area contributed by atoms with Gasteiger partial charge in [0.1, 0.15) is 5.75 Å². The molecule has 2 rings (SSSR count). The second-order valence-corrected chi connectivity index (χ2v) is 5.00. The van der Waals surface area contributed by atoms with E-state index in [1.807, 2.05) is 25.1 Å². The predicted octanol–water partition coefficient (Wildman–Crippen LogP) is 1.29. The summed E-state index contributed by atoms with van der Waals surface area (Å²) in [5.74, 6) is 0.521. The summed E-state index contributed by atoms with van der Waals surface area (Å²) in [4.78, 5) is 13.8. The number of morpholine rings is 1. The zero-order valence-electron chi connectivity index (χ0n) is 12.0. The highest BCUT2D eigenvalue weighted by Crippen LogP contribution is 2.26. The maximum Gasteiger partial charge on any atom is 0.260 e. The molecule has 1 fully saturated rings. The topological polar surface area (TPSA) is 59.0 Å². The quantitative estimate of drug-likeness (QED) is 0.902. The van der Waals surface area contributed by atoms with Crippen molar-refractivity contribution in [1.29, 1.82) is 0 Å². The van der Waals surface area contributed by atoms with Gasteiger partial charge in [-0.05, 0) is 25.5 Å². The van der Waals surface area contributed by atoms with Crippen LogP contribution in [0.4, 0.5) is 0 Å². The normalized spacial score (nSPS) is 16.9. The summed E-state index contributed by atoms with van der Waals surface area (Å²) in [5.41, 5.74) is 1.73. The molecular weight excluding hydrogens is 258 g/mol. The van der Waals surface area contributed by atoms with Crippen molar-refractivity contribution in [2.45, 2.75) is 20.0 Å². The molecule has 0 spiro atoms. The fourth-order valence-corrected chi connectivity index (χ4v) is 2.16. The van der Waals surface area contributed by atoms with Crippen LogP contribution in [0.3, 0.4) is 0 Å². The van der Waals surface area contributed by atoms with Gasteiger partial charge in [0.25, 0.3) is 5.91 Å². The number of carbonyl (C=O) groups is 1. The molecule has 1 aliphatic heterocycles. The van der Waals surface area contributed by atoms with E-state index >= 15 is 0 Å². The molecular formula is C15H21NO4. The van der Waals surface area contributed by atoms with E-state index in [4.69, 9.17) is 9.47 Å². The van der Waals surface area contributed by atoms with E-state index in [1.54, 1.807) is 11.8 Å². The first kappa shape index (κ1) is 14.8. The Hall–Kier alpha value is -1.59. The summed E-state index contributed by atoms with van der Waals surface area (Å²) in [6.45, 7) is 6.00. The molecule has 1 aliphatic rings. The van der Waals surface area contributed by atoms with Gasteiger partial charge < -0.3 is 19.5 Å². The van der Waals surface area contributed by atoms with Crippen LogP contribution in [0.1, 0.15) is 24.2 Å². The molecule has 5 heteroatoms. The zero-order valence-corrected chi connectivity index (χ0v) is 12.0. The van der Waals surface area contributed by atoms with Crippen molar-refractivity contribution < 1.29 is 19.4 Å². The molecule has 5 nitrogen and oxygen atoms in total. The highest BCUT2D eigenvalue weighted by molar-refractivity contribution is 5.77. The van der Waals surface area contributed by atoms with Crippen LogP contribution in [0, 0.1) is 6.92 Å². The number of ether oxygens (including phenoxy) is 2. The van der Waals surface area contributed by atoms with Crippen molar-refractivity contribution in [2.75, 3.05) is 32.9 Å². The summed E-state index contributed by atoms with van der Waals surface area (Å²) < 4.78 is 10.8. The monoisotopic (exact) mass is 279 g/mol. The number of rotatable bonds is 4. The van der Waals surface area contributed by atoms with E-state index < -0.39 is 6.10 Å². The van der Waals surface area contributed by atoms with E-state index in [9.17, 15) is 9.90 Å². The third kappa shape index (κ3) is 3.71. The average Bonchev–Trinajstić information content (AvgIpc) is 2.45. The van der Waals surface area contributed by atoms with E-state index in [-0.39, 0.29) is 12.5 Å². The Morgan fingerprint density at radius 1 is 1.45 bits per heavy atom.